The number of carbonyl (C=O) groups excluding carboxylic acids is 2. The van der Waals surface area contributed by atoms with Gasteiger partial charge in [-0.2, -0.15) is 0 Å². The molecule has 2 amide bonds. The Morgan fingerprint density at radius 1 is 1.11 bits per heavy atom. The zero-order valence-corrected chi connectivity index (χ0v) is 18.0. The quantitative estimate of drug-likeness (QED) is 0.797. The maximum absolute atomic E-state index is 12.8. The minimum Gasteiger partial charge on any atom is -0.444 e. The number of ether oxygens (including phenoxy) is 2. The van der Waals surface area contributed by atoms with Gasteiger partial charge >= 0.3 is 12.2 Å². The summed E-state index contributed by atoms with van der Waals surface area (Å²) >= 11 is 0. The molecule has 0 aromatic heterocycles. The molecule has 0 bridgehead atoms. The van der Waals surface area contributed by atoms with Crippen LogP contribution in [0.1, 0.15) is 66.1 Å². The third-order valence-corrected chi connectivity index (χ3v) is 4.51. The number of nitrogens with one attached hydrogen (secondary N) is 1. The highest BCUT2D eigenvalue weighted by Gasteiger charge is 2.33. The number of likely N-dealkylation sites (tertiary alicyclic amines) is 1. The predicted molar refractivity (Wildman–Crippen MR) is 109 cm³/mol. The molecule has 1 heterocycles. The monoisotopic (exact) mass is 390 g/mol. The van der Waals surface area contributed by atoms with Crippen LogP contribution in [0.3, 0.4) is 0 Å². The number of carbonyl (C=O) groups is 2. The summed E-state index contributed by atoms with van der Waals surface area (Å²) in [7, 11) is 0. The second kappa shape index (κ2) is 8.84. The third kappa shape index (κ3) is 6.73. The highest BCUT2D eigenvalue weighted by Crippen LogP contribution is 2.36. The first kappa shape index (κ1) is 22.1. The number of hydrogen-bond acceptors (Lipinski definition) is 4. The number of alkyl carbamates (subject to hydrolysis) is 1. The van der Waals surface area contributed by atoms with E-state index in [0.29, 0.717) is 13.1 Å². The number of rotatable bonds is 3. The lowest BCUT2D eigenvalue weighted by Gasteiger charge is -2.36. The molecule has 0 radical (unpaired) electrons. The summed E-state index contributed by atoms with van der Waals surface area (Å²) in [5.74, 6) is 0. The number of benzene rings is 1. The van der Waals surface area contributed by atoms with Gasteiger partial charge in [0.05, 0.1) is 0 Å². The van der Waals surface area contributed by atoms with Gasteiger partial charge in [0.25, 0.3) is 0 Å². The molecule has 156 valence electrons. The molecular formula is C22H34N2O4. The van der Waals surface area contributed by atoms with Gasteiger partial charge in [-0.25, -0.2) is 9.59 Å². The maximum atomic E-state index is 12.8. The number of piperidine rings is 1. The fourth-order valence-corrected chi connectivity index (χ4v) is 3.28. The maximum Gasteiger partial charge on any atom is 0.410 e. The van der Waals surface area contributed by atoms with Crippen molar-refractivity contribution in [1.29, 1.82) is 0 Å². The predicted octanol–water partition coefficient (Wildman–Crippen LogP) is 4.90. The molecule has 1 aromatic rings. The largest absolute Gasteiger partial charge is 0.444 e. The zero-order chi connectivity index (χ0) is 20.9. The van der Waals surface area contributed by atoms with Gasteiger partial charge in [0, 0.05) is 24.5 Å². The summed E-state index contributed by atoms with van der Waals surface area (Å²) in [5.41, 5.74) is 0.192. The fourth-order valence-electron chi connectivity index (χ4n) is 3.28. The lowest BCUT2D eigenvalue weighted by atomic mass is 9.84. The van der Waals surface area contributed by atoms with Crippen LogP contribution in [0.5, 0.6) is 0 Å². The smallest absolute Gasteiger partial charge is 0.410 e. The van der Waals surface area contributed by atoms with Gasteiger partial charge in [-0.15, -0.1) is 0 Å². The second-order valence-electron chi connectivity index (χ2n) is 9.47. The first-order valence-corrected chi connectivity index (χ1v) is 9.96. The Morgan fingerprint density at radius 3 is 2.32 bits per heavy atom. The van der Waals surface area contributed by atoms with E-state index in [1.54, 1.807) is 4.90 Å². The molecule has 1 aliphatic rings. The van der Waals surface area contributed by atoms with Crippen LogP contribution in [0, 0.1) is 5.41 Å². The van der Waals surface area contributed by atoms with E-state index >= 15 is 0 Å². The highest BCUT2D eigenvalue weighted by molar-refractivity contribution is 5.70. The molecule has 2 rings (SSSR count). The Labute approximate surface area is 168 Å². The van der Waals surface area contributed by atoms with Crippen molar-refractivity contribution in [3.63, 3.8) is 0 Å². The number of amides is 2. The summed E-state index contributed by atoms with van der Waals surface area (Å²) < 4.78 is 11.2. The van der Waals surface area contributed by atoms with Gasteiger partial charge in [0.1, 0.15) is 11.7 Å². The van der Waals surface area contributed by atoms with Crippen molar-refractivity contribution in [2.75, 3.05) is 13.1 Å². The summed E-state index contributed by atoms with van der Waals surface area (Å²) in [5, 5.41) is 2.86. The van der Waals surface area contributed by atoms with Gasteiger partial charge < -0.3 is 19.7 Å². The van der Waals surface area contributed by atoms with Crippen LogP contribution in [0.2, 0.25) is 0 Å². The highest BCUT2D eigenvalue weighted by atomic mass is 16.6. The van der Waals surface area contributed by atoms with E-state index in [2.05, 4.69) is 26.1 Å². The van der Waals surface area contributed by atoms with Gasteiger partial charge in [0.15, 0.2) is 0 Å². The van der Waals surface area contributed by atoms with Crippen LogP contribution in [0.4, 0.5) is 9.59 Å². The summed E-state index contributed by atoms with van der Waals surface area (Å²) in [6.07, 6.45) is 0.468. The van der Waals surface area contributed by atoms with E-state index in [-0.39, 0.29) is 23.7 Å². The molecule has 1 fully saturated rings. The molecule has 2 unspecified atom stereocenters. The Balaban J connectivity index is 1.99. The second-order valence-corrected chi connectivity index (χ2v) is 9.47. The number of nitrogens with zero attached hydrogens (tertiary/aromatic N) is 1. The molecule has 2 atom stereocenters. The normalized spacial score (nSPS) is 18.9. The topological polar surface area (TPSA) is 67.9 Å². The lowest BCUT2D eigenvalue weighted by Crippen LogP contribution is -2.51. The van der Waals surface area contributed by atoms with Crippen LogP contribution in [-0.4, -0.2) is 41.8 Å². The van der Waals surface area contributed by atoms with Crippen LogP contribution in [0.15, 0.2) is 30.3 Å². The van der Waals surface area contributed by atoms with E-state index in [9.17, 15) is 9.59 Å². The average Bonchev–Trinajstić information content (AvgIpc) is 2.57. The summed E-state index contributed by atoms with van der Waals surface area (Å²) in [4.78, 5) is 26.6. The molecule has 1 saturated heterocycles. The van der Waals surface area contributed by atoms with E-state index in [1.165, 1.54) is 0 Å². The minimum atomic E-state index is -0.549. The van der Waals surface area contributed by atoms with E-state index in [1.807, 2.05) is 51.1 Å². The Bertz CT molecular complexity index is 661. The first-order valence-electron chi connectivity index (χ1n) is 9.96. The Morgan fingerprint density at radius 2 is 1.75 bits per heavy atom. The minimum absolute atomic E-state index is 0.138. The van der Waals surface area contributed by atoms with Gasteiger partial charge in [0.2, 0.25) is 0 Å². The van der Waals surface area contributed by atoms with Crippen molar-refractivity contribution >= 4 is 12.2 Å². The molecule has 0 saturated carbocycles. The number of hydrogen-bond donors (Lipinski definition) is 1. The first-order chi connectivity index (χ1) is 13.0. The molecule has 28 heavy (non-hydrogen) atoms. The standard InChI is InChI=1S/C22H34N2O4/c1-21(2,3)18(16-11-8-7-9-12-16)27-20(26)24-14-10-13-17(15-24)23-19(25)28-22(4,5)6/h7-9,11-12,17-18H,10,13-15H2,1-6H3,(H,23,25). The molecule has 6 heteroatoms. The van der Waals surface area contributed by atoms with Crippen molar-refractivity contribution < 1.29 is 19.1 Å². The SMILES string of the molecule is CC(C)(C)OC(=O)NC1CCCN(C(=O)OC(c2ccccc2)C(C)(C)C)C1. The van der Waals surface area contributed by atoms with Crippen molar-refractivity contribution in [3.8, 4) is 0 Å². The van der Waals surface area contributed by atoms with Crippen LogP contribution in [-0.2, 0) is 9.47 Å². The average molecular weight is 391 g/mol. The molecule has 6 nitrogen and oxygen atoms in total. The van der Waals surface area contributed by atoms with Crippen LogP contribution >= 0.6 is 0 Å². The fraction of sp³-hybridized carbons (Fsp3) is 0.636. The van der Waals surface area contributed by atoms with Crippen molar-refractivity contribution in [1.82, 2.24) is 10.2 Å². The van der Waals surface area contributed by atoms with Crippen molar-refractivity contribution in [2.45, 2.75) is 72.1 Å². The molecular weight excluding hydrogens is 356 g/mol. The molecule has 1 N–H and O–H groups in total. The van der Waals surface area contributed by atoms with E-state index in [4.69, 9.17) is 9.47 Å². The van der Waals surface area contributed by atoms with Gasteiger partial charge in [-0.3, -0.25) is 0 Å². The van der Waals surface area contributed by atoms with Crippen LogP contribution in [0.25, 0.3) is 0 Å². The van der Waals surface area contributed by atoms with E-state index < -0.39 is 11.7 Å². The van der Waals surface area contributed by atoms with Gasteiger partial charge in [-0.05, 0) is 39.2 Å². The van der Waals surface area contributed by atoms with E-state index in [0.717, 1.165) is 18.4 Å². The zero-order valence-electron chi connectivity index (χ0n) is 18.0. The third-order valence-electron chi connectivity index (χ3n) is 4.51. The Hall–Kier alpha value is -2.24. The van der Waals surface area contributed by atoms with Crippen molar-refractivity contribution in [3.05, 3.63) is 35.9 Å². The molecule has 1 aliphatic heterocycles. The van der Waals surface area contributed by atoms with Crippen molar-refractivity contribution in [2.24, 2.45) is 5.41 Å². The van der Waals surface area contributed by atoms with Gasteiger partial charge in [-0.1, -0.05) is 51.1 Å². The van der Waals surface area contributed by atoms with Crippen LogP contribution < -0.4 is 5.32 Å². The lowest BCUT2D eigenvalue weighted by molar-refractivity contribution is 0.00260. The summed E-state index contributed by atoms with van der Waals surface area (Å²) in [6, 6.07) is 9.66. The summed E-state index contributed by atoms with van der Waals surface area (Å²) in [6.45, 7) is 12.7. The molecule has 0 spiro atoms. The molecule has 1 aromatic carbocycles. The Kier molecular flexibility index (Phi) is 6.96. The molecule has 0 aliphatic carbocycles.